The number of benzene rings is 1. The maximum Gasteiger partial charge on any atom is 0.216 e. The molecule has 0 radical (unpaired) electrons. The lowest BCUT2D eigenvalue weighted by atomic mass is 10.1. The quantitative estimate of drug-likeness (QED) is 0.505. The average Bonchev–Trinajstić information content (AvgIpc) is 3.21. The van der Waals surface area contributed by atoms with Gasteiger partial charge in [-0.2, -0.15) is 0 Å². The summed E-state index contributed by atoms with van der Waals surface area (Å²) in [5.41, 5.74) is 7.92. The van der Waals surface area contributed by atoms with Crippen molar-refractivity contribution in [2.24, 2.45) is 10.7 Å². The van der Waals surface area contributed by atoms with Crippen LogP contribution in [-0.4, -0.2) is 56.5 Å². The number of thiazole rings is 1. The Balaban J connectivity index is 1.50. The predicted molar refractivity (Wildman–Crippen MR) is 119 cm³/mol. The van der Waals surface area contributed by atoms with Crippen LogP contribution in [0.15, 0.2) is 40.8 Å². The molecule has 1 aromatic carbocycles. The van der Waals surface area contributed by atoms with E-state index in [0.29, 0.717) is 12.5 Å². The van der Waals surface area contributed by atoms with Crippen LogP contribution in [-0.2, 0) is 22.3 Å². The number of nitrogens with two attached hydrogens (primary N) is 1. The van der Waals surface area contributed by atoms with Crippen LogP contribution in [0.4, 0.5) is 5.13 Å². The number of nitrogens with zero attached hydrogens (tertiary/aromatic N) is 4. The standard InChI is InChI=1S/C19H28N6O2S2/c1-15(2)23-29(26,27)14-17-5-3-16(4-6-17)13-22-18(20)24-8-10-25(11-9-24)19-21-7-12-28-19/h3-7,12,15,23H,8-11,13-14H2,1-2H3,(H2,20,22). The molecule has 3 rings (SSSR count). The molecule has 1 saturated heterocycles. The van der Waals surface area contributed by atoms with E-state index in [0.717, 1.165) is 42.4 Å². The molecule has 158 valence electrons. The molecule has 1 aliphatic heterocycles. The summed E-state index contributed by atoms with van der Waals surface area (Å²) in [5.74, 6) is 0.511. The summed E-state index contributed by atoms with van der Waals surface area (Å²) >= 11 is 1.65. The molecule has 1 fully saturated rings. The Kier molecular flexibility index (Phi) is 7.09. The molecule has 0 aliphatic carbocycles. The van der Waals surface area contributed by atoms with Gasteiger partial charge in [-0.1, -0.05) is 24.3 Å². The molecule has 1 aromatic heterocycles. The van der Waals surface area contributed by atoms with Gasteiger partial charge in [0, 0.05) is 43.8 Å². The van der Waals surface area contributed by atoms with Crippen molar-refractivity contribution in [3.8, 4) is 0 Å². The van der Waals surface area contributed by atoms with Gasteiger partial charge >= 0.3 is 0 Å². The highest BCUT2D eigenvalue weighted by atomic mass is 32.2. The zero-order chi connectivity index (χ0) is 20.9. The van der Waals surface area contributed by atoms with E-state index in [9.17, 15) is 8.42 Å². The second-order valence-electron chi connectivity index (χ2n) is 7.31. The summed E-state index contributed by atoms with van der Waals surface area (Å²) in [6.07, 6.45) is 1.82. The van der Waals surface area contributed by atoms with E-state index < -0.39 is 10.0 Å². The normalized spacial score (nSPS) is 15.9. The van der Waals surface area contributed by atoms with Crippen LogP contribution >= 0.6 is 11.3 Å². The Morgan fingerprint density at radius 1 is 1.21 bits per heavy atom. The summed E-state index contributed by atoms with van der Waals surface area (Å²) in [4.78, 5) is 13.2. The monoisotopic (exact) mass is 436 g/mol. The van der Waals surface area contributed by atoms with Crippen molar-refractivity contribution < 1.29 is 8.42 Å². The Bertz CT molecular complexity index is 903. The minimum absolute atomic E-state index is 0.0275. The Hall–Kier alpha value is -2.17. The number of sulfonamides is 1. The number of nitrogens with one attached hydrogen (secondary N) is 1. The van der Waals surface area contributed by atoms with Crippen LogP contribution in [0, 0.1) is 0 Å². The van der Waals surface area contributed by atoms with Crippen LogP contribution in [0.2, 0.25) is 0 Å². The van der Waals surface area contributed by atoms with Crippen LogP contribution < -0.4 is 15.4 Å². The summed E-state index contributed by atoms with van der Waals surface area (Å²) in [7, 11) is -3.32. The van der Waals surface area contributed by atoms with Crippen molar-refractivity contribution in [2.75, 3.05) is 31.1 Å². The van der Waals surface area contributed by atoms with Crippen molar-refractivity contribution in [3.63, 3.8) is 0 Å². The first-order valence-corrected chi connectivity index (χ1v) is 12.1. The number of rotatable bonds is 7. The summed E-state index contributed by atoms with van der Waals surface area (Å²) in [6, 6.07) is 7.34. The minimum Gasteiger partial charge on any atom is -0.370 e. The highest BCUT2D eigenvalue weighted by Crippen LogP contribution is 2.18. The highest BCUT2D eigenvalue weighted by molar-refractivity contribution is 7.88. The Morgan fingerprint density at radius 3 is 2.45 bits per heavy atom. The lowest BCUT2D eigenvalue weighted by molar-refractivity contribution is 0.380. The van der Waals surface area contributed by atoms with E-state index in [1.54, 1.807) is 11.3 Å². The number of hydrogen-bond donors (Lipinski definition) is 2. The molecule has 0 atom stereocenters. The topological polar surface area (TPSA) is 104 Å². The van der Waals surface area contributed by atoms with Gasteiger partial charge in [0.1, 0.15) is 0 Å². The fourth-order valence-corrected chi connectivity index (χ4v) is 5.26. The highest BCUT2D eigenvalue weighted by Gasteiger charge is 2.19. The van der Waals surface area contributed by atoms with Gasteiger partial charge in [0.15, 0.2) is 11.1 Å². The largest absolute Gasteiger partial charge is 0.370 e. The minimum atomic E-state index is -3.32. The zero-order valence-corrected chi connectivity index (χ0v) is 18.4. The van der Waals surface area contributed by atoms with Gasteiger partial charge in [0.25, 0.3) is 0 Å². The molecule has 0 spiro atoms. The van der Waals surface area contributed by atoms with Crippen molar-refractivity contribution in [1.82, 2.24) is 14.6 Å². The molecule has 2 heterocycles. The summed E-state index contributed by atoms with van der Waals surface area (Å²) < 4.78 is 26.6. The number of hydrogen-bond acceptors (Lipinski definition) is 6. The first-order valence-electron chi connectivity index (χ1n) is 9.59. The number of aliphatic imine (C=N–C) groups is 1. The molecule has 10 heteroatoms. The average molecular weight is 437 g/mol. The Morgan fingerprint density at radius 2 is 1.86 bits per heavy atom. The van der Waals surface area contributed by atoms with E-state index in [2.05, 4.69) is 24.5 Å². The third kappa shape index (κ3) is 6.41. The maximum atomic E-state index is 12.0. The van der Waals surface area contributed by atoms with Gasteiger partial charge in [-0.3, -0.25) is 0 Å². The third-order valence-corrected chi connectivity index (χ3v) is 6.89. The first kappa shape index (κ1) is 21.5. The maximum absolute atomic E-state index is 12.0. The molecule has 8 nitrogen and oxygen atoms in total. The van der Waals surface area contributed by atoms with Gasteiger partial charge in [-0.15, -0.1) is 11.3 Å². The predicted octanol–water partition coefficient (Wildman–Crippen LogP) is 1.61. The van der Waals surface area contributed by atoms with Gasteiger partial charge in [0.05, 0.1) is 12.3 Å². The summed E-state index contributed by atoms with van der Waals surface area (Å²) in [5, 5.41) is 3.03. The lowest BCUT2D eigenvalue weighted by Gasteiger charge is -2.35. The zero-order valence-electron chi connectivity index (χ0n) is 16.8. The van der Waals surface area contributed by atoms with Crippen LogP contribution in [0.25, 0.3) is 0 Å². The SMILES string of the molecule is CC(C)NS(=O)(=O)Cc1ccc(CN=C(N)N2CCN(c3nccs3)CC2)cc1. The number of guanidine groups is 1. The summed E-state index contributed by atoms with van der Waals surface area (Å²) in [6.45, 7) is 7.46. The van der Waals surface area contributed by atoms with Crippen LogP contribution in [0.1, 0.15) is 25.0 Å². The molecule has 1 aliphatic rings. The Labute approximate surface area is 176 Å². The van der Waals surface area contributed by atoms with Crippen LogP contribution in [0.5, 0.6) is 0 Å². The molecule has 0 bridgehead atoms. The van der Waals surface area contributed by atoms with E-state index >= 15 is 0 Å². The van der Waals surface area contributed by atoms with Gasteiger partial charge in [0.2, 0.25) is 10.0 Å². The second-order valence-corrected chi connectivity index (χ2v) is 9.94. The third-order valence-electron chi connectivity index (χ3n) is 4.51. The number of piperazine rings is 1. The number of aromatic nitrogens is 1. The first-order chi connectivity index (χ1) is 13.8. The molecule has 3 N–H and O–H groups in total. The fourth-order valence-electron chi connectivity index (χ4n) is 3.13. The molecule has 2 aromatic rings. The lowest BCUT2D eigenvalue weighted by Crippen LogP contribution is -2.51. The smallest absolute Gasteiger partial charge is 0.216 e. The molecular weight excluding hydrogens is 408 g/mol. The fraction of sp³-hybridized carbons (Fsp3) is 0.474. The molecule has 0 amide bonds. The van der Waals surface area contributed by atoms with Gasteiger partial charge < -0.3 is 15.5 Å². The van der Waals surface area contributed by atoms with Gasteiger partial charge in [-0.05, 0) is 25.0 Å². The van der Waals surface area contributed by atoms with Crippen molar-refractivity contribution in [3.05, 3.63) is 47.0 Å². The molecule has 0 saturated carbocycles. The van der Waals surface area contributed by atoms with Crippen LogP contribution in [0.3, 0.4) is 0 Å². The van der Waals surface area contributed by atoms with E-state index in [1.807, 2.05) is 49.7 Å². The van der Waals surface area contributed by atoms with E-state index in [1.165, 1.54) is 0 Å². The number of anilines is 1. The molecule has 29 heavy (non-hydrogen) atoms. The van der Waals surface area contributed by atoms with Crippen molar-refractivity contribution in [1.29, 1.82) is 0 Å². The molecule has 0 unspecified atom stereocenters. The van der Waals surface area contributed by atoms with Crippen molar-refractivity contribution >= 4 is 32.5 Å². The second kappa shape index (κ2) is 9.55. The van der Waals surface area contributed by atoms with E-state index in [-0.39, 0.29) is 11.8 Å². The van der Waals surface area contributed by atoms with Crippen molar-refractivity contribution in [2.45, 2.75) is 32.2 Å². The molecular formula is C19H28N6O2S2. The van der Waals surface area contributed by atoms with E-state index in [4.69, 9.17) is 5.73 Å². The van der Waals surface area contributed by atoms with Gasteiger partial charge in [-0.25, -0.2) is 23.1 Å².